The maximum Gasteiger partial charge on any atom is 0.491 e. The number of rotatable bonds is 3. The smallest absolute Gasteiger partial charge is 0.419 e. The summed E-state index contributed by atoms with van der Waals surface area (Å²) >= 11 is 5.76. The quantitative estimate of drug-likeness (QED) is 0.689. The molecule has 0 unspecified atom stereocenters. The largest absolute Gasteiger partial charge is 0.491 e. The van der Waals surface area contributed by atoms with Gasteiger partial charge in [0.15, 0.2) is 5.75 Å². The summed E-state index contributed by atoms with van der Waals surface area (Å²) in [6, 6.07) is 4.00. The number of hydrogen-bond donors (Lipinski definition) is 1. The topological polar surface area (TPSA) is 91.2 Å². The molecule has 2 aromatic rings. The number of hydrogen-bond acceptors (Lipinski definition) is 6. The first-order chi connectivity index (χ1) is 9.82. The fraction of sp³-hybridized carbons (Fsp3) is 0.182. The van der Waals surface area contributed by atoms with Gasteiger partial charge >= 0.3 is 12.1 Å². The van der Waals surface area contributed by atoms with Gasteiger partial charge in [0.25, 0.3) is 5.89 Å². The van der Waals surface area contributed by atoms with Crippen LogP contribution in [0.2, 0.25) is 5.02 Å². The van der Waals surface area contributed by atoms with Crippen molar-refractivity contribution in [1.82, 2.24) is 10.2 Å². The molecule has 0 bridgehead atoms. The lowest BCUT2D eigenvalue weighted by Gasteiger charge is -2.10. The number of para-hydroxylation sites is 1. The Morgan fingerprint density at radius 2 is 2.10 bits per heavy atom. The summed E-state index contributed by atoms with van der Waals surface area (Å²) in [5.74, 6) is -3.02. The van der Waals surface area contributed by atoms with Crippen molar-refractivity contribution in [2.45, 2.75) is 12.7 Å². The Labute approximate surface area is 120 Å². The Morgan fingerprint density at radius 1 is 1.38 bits per heavy atom. The third-order valence-corrected chi connectivity index (χ3v) is 2.56. The second kappa shape index (κ2) is 5.70. The highest BCUT2D eigenvalue weighted by Crippen LogP contribution is 2.36. The van der Waals surface area contributed by atoms with E-state index >= 15 is 0 Å². The van der Waals surface area contributed by atoms with Crippen molar-refractivity contribution in [1.29, 1.82) is 0 Å². The van der Waals surface area contributed by atoms with Crippen molar-refractivity contribution in [2.75, 3.05) is 0 Å². The summed E-state index contributed by atoms with van der Waals surface area (Å²) in [5.41, 5.74) is 5.24. The molecule has 1 heterocycles. The van der Waals surface area contributed by atoms with E-state index in [1.54, 1.807) is 0 Å². The number of nitrogens with zero attached hydrogens (tertiary/aromatic N) is 2. The summed E-state index contributed by atoms with van der Waals surface area (Å²) in [6.07, 6.45) is -5.16. The third-order valence-electron chi connectivity index (χ3n) is 2.27. The molecule has 0 aliphatic heterocycles. The van der Waals surface area contributed by atoms with Crippen LogP contribution < -0.4 is 10.5 Å². The molecule has 0 saturated carbocycles. The molecule has 0 spiro atoms. The molecule has 112 valence electrons. The first kappa shape index (κ1) is 15.3. The predicted octanol–water partition coefficient (Wildman–Crippen LogP) is 2.32. The lowest BCUT2D eigenvalue weighted by Crippen LogP contribution is -2.28. The fourth-order valence-corrected chi connectivity index (χ4v) is 1.59. The zero-order valence-corrected chi connectivity index (χ0v) is 10.9. The van der Waals surface area contributed by atoms with Crippen LogP contribution >= 0.6 is 11.6 Å². The number of halogens is 4. The van der Waals surface area contributed by atoms with E-state index in [0.29, 0.717) is 0 Å². The van der Waals surface area contributed by atoms with Crippen LogP contribution in [0, 0.1) is 0 Å². The molecule has 0 aliphatic carbocycles. The van der Waals surface area contributed by atoms with E-state index in [0.717, 1.165) is 0 Å². The molecular formula is C11H7ClF3N3O3. The molecule has 0 atom stereocenters. The van der Waals surface area contributed by atoms with Crippen molar-refractivity contribution in [2.24, 2.45) is 5.73 Å². The molecular weight excluding hydrogens is 315 g/mol. The summed E-state index contributed by atoms with van der Waals surface area (Å²) < 4.78 is 46.2. The van der Waals surface area contributed by atoms with Gasteiger partial charge in [0.05, 0.1) is 17.1 Å². The Kier molecular flexibility index (Phi) is 4.14. The average molecular weight is 322 g/mol. The van der Waals surface area contributed by atoms with Crippen molar-refractivity contribution < 1.29 is 27.1 Å². The molecule has 2 rings (SSSR count). The van der Waals surface area contributed by atoms with Gasteiger partial charge < -0.3 is 14.9 Å². The van der Waals surface area contributed by atoms with E-state index in [1.165, 1.54) is 18.2 Å². The standard InChI is InChI=1S/C11H7ClF3N3O3/c12-6-3-1-2-5(9-18-17-7(4-16)20-9)8(6)21-10(19)11(13,14)15/h1-3H,4,16H2. The number of carbonyl (C=O) groups is 1. The van der Waals surface area contributed by atoms with E-state index in [1.807, 2.05) is 0 Å². The lowest BCUT2D eigenvalue weighted by atomic mass is 10.2. The first-order valence-corrected chi connectivity index (χ1v) is 5.81. The molecule has 2 N–H and O–H groups in total. The third kappa shape index (κ3) is 3.31. The maximum atomic E-state index is 12.3. The minimum atomic E-state index is -5.16. The minimum absolute atomic E-state index is 0.0488. The number of carbonyl (C=O) groups excluding carboxylic acids is 1. The van der Waals surface area contributed by atoms with E-state index in [-0.39, 0.29) is 28.9 Å². The molecule has 0 aliphatic rings. The summed E-state index contributed by atoms with van der Waals surface area (Å²) in [7, 11) is 0. The van der Waals surface area contributed by atoms with Crippen molar-refractivity contribution in [3.63, 3.8) is 0 Å². The van der Waals surface area contributed by atoms with Crippen LogP contribution in [0.3, 0.4) is 0 Å². The van der Waals surface area contributed by atoms with Gasteiger partial charge in [-0.2, -0.15) is 13.2 Å². The average Bonchev–Trinajstić information content (AvgIpc) is 2.88. The molecule has 0 radical (unpaired) electrons. The van der Waals surface area contributed by atoms with Crippen LogP contribution in [0.1, 0.15) is 5.89 Å². The Balaban J connectivity index is 2.43. The van der Waals surface area contributed by atoms with Crippen LogP contribution in [-0.4, -0.2) is 22.3 Å². The minimum Gasteiger partial charge on any atom is -0.419 e. The van der Waals surface area contributed by atoms with Gasteiger partial charge in [0, 0.05) is 0 Å². The monoisotopic (exact) mass is 321 g/mol. The highest BCUT2D eigenvalue weighted by Gasteiger charge is 2.42. The fourth-order valence-electron chi connectivity index (χ4n) is 1.38. The predicted molar refractivity (Wildman–Crippen MR) is 64.3 cm³/mol. The molecule has 1 aromatic heterocycles. The number of aromatic nitrogens is 2. The Bertz CT molecular complexity index is 672. The molecule has 6 nitrogen and oxygen atoms in total. The van der Waals surface area contributed by atoms with Crippen LogP contribution in [0.4, 0.5) is 13.2 Å². The number of benzene rings is 1. The molecule has 21 heavy (non-hydrogen) atoms. The van der Waals surface area contributed by atoms with Crippen LogP contribution in [0.5, 0.6) is 5.75 Å². The highest BCUT2D eigenvalue weighted by molar-refractivity contribution is 6.32. The number of alkyl halides is 3. The second-order valence-corrected chi connectivity index (χ2v) is 4.12. The van der Waals surface area contributed by atoms with Gasteiger partial charge in [-0.1, -0.05) is 17.7 Å². The maximum absolute atomic E-state index is 12.3. The number of esters is 1. The zero-order valence-electron chi connectivity index (χ0n) is 10.1. The van der Waals surface area contributed by atoms with Gasteiger partial charge in [-0.15, -0.1) is 10.2 Å². The number of nitrogens with two attached hydrogens (primary N) is 1. The van der Waals surface area contributed by atoms with E-state index in [4.69, 9.17) is 21.8 Å². The van der Waals surface area contributed by atoms with Crippen molar-refractivity contribution in [3.05, 3.63) is 29.1 Å². The molecule has 10 heteroatoms. The zero-order chi connectivity index (χ0) is 15.6. The van der Waals surface area contributed by atoms with E-state index < -0.39 is 17.9 Å². The van der Waals surface area contributed by atoms with Crippen LogP contribution in [-0.2, 0) is 11.3 Å². The van der Waals surface area contributed by atoms with Gasteiger partial charge in [-0.05, 0) is 12.1 Å². The molecule has 0 amide bonds. The summed E-state index contributed by atoms with van der Waals surface area (Å²) in [4.78, 5) is 10.9. The van der Waals surface area contributed by atoms with Crippen LogP contribution in [0.25, 0.3) is 11.5 Å². The lowest BCUT2D eigenvalue weighted by molar-refractivity contribution is -0.189. The summed E-state index contributed by atoms with van der Waals surface area (Å²) in [5, 5.41) is 6.95. The second-order valence-electron chi connectivity index (χ2n) is 3.71. The van der Waals surface area contributed by atoms with Crippen LogP contribution in [0.15, 0.2) is 22.6 Å². The van der Waals surface area contributed by atoms with Gasteiger partial charge in [-0.25, -0.2) is 4.79 Å². The van der Waals surface area contributed by atoms with Gasteiger partial charge in [0.1, 0.15) is 0 Å². The van der Waals surface area contributed by atoms with Gasteiger partial charge in [-0.3, -0.25) is 0 Å². The molecule has 0 saturated heterocycles. The van der Waals surface area contributed by atoms with Gasteiger partial charge in [0.2, 0.25) is 5.89 Å². The van der Waals surface area contributed by atoms with Crippen molar-refractivity contribution in [3.8, 4) is 17.2 Å². The molecule has 1 aromatic carbocycles. The molecule has 0 fully saturated rings. The first-order valence-electron chi connectivity index (χ1n) is 5.43. The summed E-state index contributed by atoms with van der Waals surface area (Å²) in [6.45, 7) is -0.0504. The highest BCUT2D eigenvalue weighted by atomic mass is 35.5. The van der Waals surface area contributed by atoms with E-state index in [9.17, 15) is 18.0 Å². The number of ether oxygens (including phenoxy) is 1. The van der Waals surface area contributed by atoms with E-state index in [2.05, 4.69) is 14.9 Å². The normalized spacial score (nSPS) is 11.5. The Morgan fingerprint density at radius 3 is 2.67 bits per heavy atom. The Hall–Kier alpha value is -2.13. The van der Waals surface area contributed by atoms with Crippen molar-refractivity contribution >= 4 is 17.6 Å². The SMILES string of the molecule is NCc1nnc(-c2cccc(Cl)c2OC(=O)C(F)(F)F)o1.